The summed E-state index contributed by atoms with van der Waals surface area (Å²) in [6.45, 7) is 2.51. The Morgan fingerprint density at radius 2 is 1.71 bits per heavy atom. The van der Waals surface area contributed by atoms with Gasteiger partial charge < -0.3 is 23.7 Å². The fraction of sp³-hybridized carbons (Fsp3) is 0.385. The quantitative estimate of drug-likeness (QED) is 0.531. The number of para-hydroxylation sites is 1. The molecular formula is C26H27N3O6. The van der Waals surface area contributed by atoms with Crippen molar-refractivity contribution in [2.45, 2.75) is 19.3 Å². The monoisotopic (exact) mass is 477 g/mol. The fourth-order valence-electron chi connectivity index (χ4n) is 5.08. The van der Waals surface area contributed by atoms with Crippen LogP contribution in [0.3, 0.4) is 0 Å². The highest BCUT2D eigenvalue weighted by molar-refractivity contribution is 5.97. The van der Waals surface area contributed by atoms with Crippen LogP contribution in [0.1, 0.15) is 50.7 Å². The Labute approximate surface area is 202 Å². The predicted molar refractivity (Wildman–Crippen MR) is 126 cm³/mol. The molecule has 0 radical (unpaired) electrons. The number of esters is 1. The molecule has 9 nitrogen and oxygen atoms in total. The van der Waals surface area contributed by atoms with Crippen molar-refractivity contribution >= 4 is 28.8 Å². The topological polar surface area (TPSA) is 102 Å². The normalized spacial score (nSPS) is 17.1. The van der Waals surface area contributed by atoms with Crippen LogP contribution in [-0.2, 0) is 4.74 Å². The molecule has 9 heteroatoms. The number of piperidine rings is 1. The molecule has 2 aliphatic rings. The van der Waals surface area contributed by atoms with E-state index >= 15 is 0 Å². The minimum Gasteiger partial charge on any atom is -0.493 e. The highest BCUT2D eigenvalue weighted by Crippen LogP contribution is 2.41. The first-order chi connectivity index (χ1) is 16.9. The number of fused-ring (bicyclic) bond motifs is 1. The van der Waals surface area contributed by atoms with Crippen LogP contribution in [0, 0.1) is 5.41 Å². The van der Waals surface area contributed by atoms with Gasteiger partial charge in [-0.05, 0) is 48.9 Å². The number of amides is 2. The molecule has 5 rings (SSSR count). The second-order valence-corrected chi connectivity index (χ2v) is 9.18. The number of benzene rings is 1. The van der Waals surface area contributed by atoms with Gasteiger partial charge in [0.2, 0.25) is 0 Å². The second-order valence-electron chi connectivity index (χ2n) is 9.18. The number of hydrogen-bond donors (Lipinski definition) is 0. The zero-order valence-electron chi connectivity index (χ0n) is 19.8. The van der Waals surface area contributed by atoms with Gasteiger partial charge in [0.05, 0.1) is 19.8 Å². The molecule has 3 aromatic rings. The van der Waals surface area contributed by atoms with E-state index in [0.29, 0.717) is 54.5 Å². The molecule has 2 saturated heterocycles. The number of pyridine rings is 1. The number of nitrogens with zero attached hydrogens (tertiary/aromatic N) is 3. The summed E-state index contributed by atoms with van der Waals surface area (Å²) < 4.78 is 15.9. The highest BCUT2D eigenvalue weighted by Gasteiger charge is 2.43. The van der Waals surface area contributed by atoms with Crippen molar-refractivity contribution in [2.75, 3.05) is 40.4 Å². The smallest absolute Gasteiger partial charge is 0.339 e. The summed E-state index contributed by atoms with van der Waals surface area (Å²) in [5.41, 5.74) is 1.18. The number of carbonyl (C=O) groups excluding carboxylic acids is 3. The number of aromatic nitrogens is 1. The third-order valence-corrected chi connectivity index (χ3v) is 7.18. The molecule has 2 fully saturated rings. The van der Waals surface area contributed by atoms with Crippen molar-refractivity contribution in [3.63, 3.8) is 0 Å². The lowest BCUT2D eigenvalue weighted by Gasteiger charge is -2.38. The molecular weight excluding hydrogens is 450 g/mol. The van der Waals surface area contributed by atoms with Gasteiger partial charge in [-0.25, -0.2) is 4.79 Å². The molecule has 35 heavy (non-hydrogen) atoms. The van der Waals surface area contributed by atoms with Crippen LogP contribution in [0.15, 0.2) is 47.0 Å². The average molecular weight is 478 g/mol. The summed E-state index contributed by atoms with van der Waals surface area (Å²) in [6, 6.07) is 10.4. The molecule has 0 saturated carbocycles. The Balaban J connectivity index is 1.21. The van der Waals surface area contributed by atoms with E-state index in [1.54, 1.807) is 31.4 Å². The SMILES string of the molecule is COC(=O)c1ccc(C(=O)N2CCC3(CCN(C(=O)c4cc5cccc(OC)c5o4)CC3)C2)nc1. The third kappa shape index (κ3) is 4.22. The van der Waals surface area contributed by atoms with Crippen LogP contribution in [0.2, 0.25) is 0 Å². The molecule has 0 atom stereocenters. The van der Waals surface area contributed by atoms with Crippen LogP contribution in [0.4, 0.5) is 0 Å². The maximum atomic E-state index is 13.1. The van der Waals surface area contributed by atoms with E-state index in [0.717, 1.165) is 24.6 Å². The molecule has 1 aromatic carbocycles. The summed E-state index contributed by atoms with van der Waals surface area (Å²) in [4.78, 5) is 45.5. The van der Waals surface area contributed by atoms with Crippen molar-refractivity contribution in [1.82, 2.24) is 14.8 Å². The fourth-order valence-corrected chi connectivity index (χ4v) is 5.08. The lowest BCUT2D eigenvalue weighted by atomic mass is 9.77. The van der Waals surface area contributed by atoms with Gasteiger partial charge in [0.25, 0.3) is 11.8 Å². The Morgan fingerprint density at radius 1 is 0.971 bits per heavy atom. The highest BCUT2D eigenvalue weighted by atomic mass is 16.5. The van der Waals surface area contributed by atoms with Crippen LogP contribution >= 0.6 is 0 Å². The van der Waals surface area contributed by atoms with Gasteiger partial charge in [-0.15, -0.1) is 0 Å². The summed E-state index contributed by atoms with van der Waals surface area (Å²) in [5, 5.41) is 0.833. The van der Waals surface area contributed by atoms with Crippen molar-refractivity contribution in [3.8, 4) is 5.75 Å². The summed E-state index contributed by atoms with van der Waals surface area (Å²) in [6.07, 6.45) is 3.90. The van der Waals surface area contributed by atoms with Gasteiger partial charge in [-0.3, -0.25) is 14.6 Å². The number of likely N-dealkylation sites (tertiary alicyclic amines) is 2. The van der Waals surface area contributed by atoms with Gasteiger partial charge in [-0.1, -0.05) is 12.1 Å². The molecule has 1 spiro atoms. The molecule has 2 amide bonds. The molecule has 0 aliphatic carbocycles. The van der Waals surface area contributed by atoms with Crippen molar-refractivity contribution in [1.29, 1.82) is 0 Å². The Bertz CT molecular complexity index is 1270. The number of carbonyl (C=O) groups is 3. The number of ether oxygens (including phenoxy) is 2. The first-order valence-corrected chi connectivity index (χ1v) is 11.6. The van der Waals surface area contributed by atoms with Gasteiger partial charge >= 0.3 is 5.97 Å². The van der Waals surface area contributed by atoms with Crippen molar-refractivity contribution < 1.29 is 28.3 Å². The van der Waals surface area contributed by atoms with Crippen LogP contribution in [0.25, 0.3) is 11.0 Å². The standard InChI is InChI=1S/C26H27N3O6/c1-33-20-5-3-4-17-14-21(35-22(17)20)24(31)28-11-8-26(9-12-28)10-13-29(16-26)23(30)19-7-6-18(15-27-19)25(32)34-2/h3-7,14-15H,8-13,16H2,1-2H3. The predicted octanol–water partition coefficient (Wildman–Crippen LogP) is 3.39. The maximum Gasteiger partial charge on any atom is 0.339 e. The van der Waals surface area contributed by atoms with Gasteiger partial charge in [0.15, 0.2) is 17.1 Å². The van der Waals surface area contributed by atoms with Crippen LogP contribution in [0.5, 0.6) is 5.75 Å². The third-order valence-electron chi connectivity index (χ3n) is 7.18. The molecule has 0 bridgehead atoms. The van der Waals surface area contributed by atoms with Gasteiger partial charge in [0.1, 0.15) is 5.69 Å². The van der Waals surface area contributed by atoms with E-state index in [-0.39, 0.29) is 17.2 Å². The summed E-state index contributed by atoms with van der Waals surface area (Å²) in [7, 11) is 2.88. The molecule has 2 aliphatic heterocycles. The van der Waals surface area contributed by atoms with Crippen LogP contribution in [-0.4, -0.2) is 73.0 Å². The Hall–Kier alpha value is -3.88. The van der Waals surface area contributed by atoms with E-state index < -0.39 is 5.97 Å². The molecule has 0 N–H and O–H groups in total. The first-order valence-electron chi connectivity index (χ1n) is 11.6. The maximum absolute atomic E-state index is 13.1. The Kier molecular flexibility index (Phi) is 5.92. The number of methoxy groups -OCH3 is 2. The van der Waals surface area contributed by atoms with E-state index in [1.165, 1.54) is 13.3 Å². The zero-order valence-corrected chi connectivity index (χ0v) is 19.8. The van der Waals surface area contributed by atoms with E-state index in [1.807, 2.05) is 21.9 Å². The molecule has 0 unspecified atom stereocenters. The zero-order chi connectivity index (χ0) is 24.6. The largest absolute Gasteiger partial charge is 0.493 e. The van der Waals surface area contributed by atoms with Crippen molar-refractivity contribution in [3.05, 3.63) is 59.6 Å². The number of furan rings is 1. The molecule has 4 heterocycles. The molecule has 182 valence electrons. The van der Waals surface area contributed by atoms with Crippen LogP contribution < -0.4 is 4.74 Å². The van der Waals surface area contributed by atoms with Gasteiger partial charge in [-0.2, -0.15) is 0 Å². The van der Waals surface area contributed by atoms with E-state index in [2.05, 4.69) is 9.72 Å². The van der Waals surface area contributed by atoms with Crippen molar-refractivity contribution in [2.24, 2.45) is 5.41 Å². The molecule has 2 aromatic heterocycles. The lowest BCUT2D eigenvalue weighted by molar-refractivity contribution is 0.0541. The minimum absolute atomic E-state index is 0.00447. The second kappa shape index (κ2) is 9.05. The lowest BCUT2D eigenvalue weighted by Crippen LogP contribution is -2.44. The van der Waals surface area contributed by atoms with Gasteiger partial charge in [0, 0.05) is 37.8 Å². The number of rotatable bonds is 4. The summed E-state index contributed by atoms with van der Waals surface area (Å²) in [5.74, 6) is 0.154. The minimum atomic E-state index is -0.486. The number of hydrogen-bond acceptors (Lipinski definition) is 7. The first kappa shape index (κ1) is 22.9. The average Bonchev–Trinajstić information content (AvgIpc) is 3.52. The van der Waals surface area contributed by atoms with E-state index in [9.17, 15) is 14.4 Å². The van der Waals surface area contributed by atoms with E-state index in [4.69, 9.17) is 9.15 Å². The Morgan fingerprint density at radius 3 is 2.37 bits per heavy atom. The summed E-state index contributed by atoms with van der Waals surface area (Å²) >= 11 is 0.